The van der Waals surface area contributed by atoms with Gasteiger partial charge >= 0.3 is 0 Å². The van der Waals surface area contributed by atoms with Crippen molar-refractivity contribution < 1.29 is 13.5 Å². The van der Waals surface area contributed by atoms with Gasteiger partial charge in [0.25, 0.3) is 10.0 Å². The Kier molecular flexibility index (Phi) is 2.53. The maximum Gasteiger partial charge on any atom is 0.256 e. The monoisotopic (exact) mass is 282 g/mol. The van der Waals surface area contributed by atoms with Crippen molar-refractivity contribution in [3.8, 4) is 5.06 Å². The van der Waals surface area contributed by atoms with Crippen LogP contribution in [0.1, 0.15) is 4.88 Å². The molecule has 1 aromatic heterocycles. The molecule has 3 rings (SSSR count). The smallest absolute Gasteiger partial charge is 0.256 e. The zero-order chi connectivity index (χ0) is 12.8. The van der Waals surface area contributed by atoms with E-state index in [0.29, 0.717) is 12.4 Å². The third-order valence-corrected chi connectivity index (χ3v) is 4.79. The molecule has 2 aliphatic heterocycles. The number of fused-ring (bicyclic) bond motifs is 1. The maximum absolute atomic E-state index is 11.6. The quantitative estimate of drug-likeness (QED) is 0.845. The molecule has 7 heteroatoms. The van der Waals surface area contributed by atoms with Crippen LogP contribution in [0, 0.1) is 0 Å². The van der Waals surface area contributed by atoms with E-state index < -0.39 is 10.0 Å². The topological polar surface area (TPSA) is 70.0 Å². The Balaban J connectivity index is 2.12. The highest BCUT2D eigenvalue weighted by atomic mass is 32.2. The lowest BCUT2D eigenvalue weighted by atomic mass is 10.1. The van der Waals surface area contributed by atoms with Crippen molar-refractivity contribution in [1.29, 1.82) is 0 Å². The van der Waals surface area contributed by atoms with Gasteiger partial charge in [0, 0.05) is 23.2 Å². The van der Waals surface area contributed by atoms with Gasteiger partial charge in [0.1, 0.15) is 0 Å². The van der Waals surface area contributed by atoms with Crippen molar-refractivity contribution >= 4 is 32.8 Å². The summed E-state index contributed by atoms with van der Waals surface area (Å²) >= 11 is 1.20. The summed E-state index contributed by atoms with van der Waals surface area (Å²) in [6.45, 7) is 0.409. The molecule has 1 N–H and O–H groups in total. The van der Waals surface area contributed by atoms with Crippen LogP contribution in [0.5, 0.6) is 5.06 Å². The minimum atomic E-state index is -3.37. The first-order chi connectivity index (χ1) is 8.55. The molecule has 0 aliphatic carbocycles. The predicted octanol–water partition coefficient (Wildman–Crippen LogP) is 1.41. The van der Waals surface area contributed by atoms with Crippen LogP contribution in [0.15, 0.2) is 34.9 Å². The van der Waals surface area contributed by atoms with Gasteiger partial charge in [-0.1, -0.05) is 11.3 Å². The molecule has 0 amide bonds. The fourth-order valence-corrected chi connectivity index (χ4v) is 3.63. The number of thiophene rings is 1. The fourth-order valence-electron chi connectivity index (χ4n) is 1.88. The minimum Gasteiger partial charge on any atom is -0.499 e. The predicted molar refractivity (Wildman–Crippen MR) is 71.0 cm³/mol. The van der Waals surface area contributed by atoms with Gasteiger partial charge < -0.3 is 10.0 Å². The van der Waals surface area contributed by atoms with Crippen molar-refractivity contribution in [2.75, 3.05) is 12.3 Å². The molecule has 0 unspecified atom stereocenters. The highest BCUT2D eigenvalue weighted by molar-refractivity contribution is 7.90. The van der Waals surface area contributed by atoms with Crippen LogP contribution in [0.4, 0.5) is 0 Å². The molecule has 0 saturated carbocycles. The Bertz CT molecular complexity index is 683. The van der Waals surface area contributed by atoms with Gasteiger partial charge in [-0.3, -0.25) is 0 Å². The van der Waals surface area contributed by atoms with Crippen LogP contribution in [-0.4, -0.2) is 36.6 Å². The summed E-state index contributed by atoms with van der Waals surface area (Å²) in [6.07, 6.45) is 5.47. The van der Waals surface area contributed by atoms with E-state index in [2.05, 4.69) is 4.40 Å². The minimum absolute atomic E-state index is 0.0316. The van der Waals surface area contributed by atoms with E-state index in [1.807, 2.05) is 17.2 Å². The standard InChI is InChI=1S/C11H10N2O3S2/c14-10-4-3-9(17-10)8-2-1-5-13-6-7-18(15,16)12-11(8)13/h1-5,14H,6-7H2. The fraction of sp³-hybridized carbons (Fsp3) is 0.182. The average Bonchev–Trinajstić information content (AvgIpc) is 2.74. The third kappa shape index (κ3) is 1.95. The summed E-state index contributed by atoms with van der Waals surface area (Å²) in [5, 5.41) is 9.58. The number of sulfonamides is 1. The van der Waals surface area contributed by atoms with Crippen LogP contribution in [0.25, 0.3) is 5.57 Å². The lowest BCUT2D eigenvalue weighted by Gasteiger charge is -2.28. The Hall–Kier alpha value is -1.60. The first-order valence-corrected chi connectivity index (χ1v) is 7.75. The molecule has 94 valence electrons. The number of aromatic hydroxyl groups is 1. The van der Waals surface area contributed by atoms with Crippen molar-refractivity contribution in [3.05, 3.63) is 35.4 Å². The first kappa shape index (κ1) is 11.5. The van der Waals surface area contributed by atoms with E-state index in [1.165, 1.54) is 11.3 Å². The average molecular weight is 282 g/mol. The second-order valence-electron chi connectivity index (χ2n) is 3.95. The van der Waals surface area contributed by atoms with Crippen LogP contribution in [0.3, 0.4) is 0 Å². The number of hydrogen-bond donors (Lipinski definition) is 1. The lowest BCUT2D eigenvalue weighted by Crippen LogP contribution is -2.37. The summed E-state index contributed by atoms with van der Waals surface area (Å²) in [5.41, 5.74) is 0.728. The molecule has 5 nitrogen and oxygen atoms in total. The van der Waals surface area contributed by atoms with E-state index in [9.17, 15) is 13.5 Å². The zero-order valence-corrected chi connectivity index (χ0v) is 10.9. The van der Waals surface area contributed by atoms with Crippen molar-refractivity contribution in [2.24, 2.45) is 4.40 Å². The molecule has 0 fully saturated rings. The van der Waals surface area contributed by atoms with Crippen molar-refractivity contribution in [3.63, 3.8) is 0 Å². The third-order valence-electron chi connectivity index (χ3n) is 2.71. The van der Waals surface area contributed by atoms with Crippen LogP contribution in [0.2, 0.25) is 0 Å². The molecule has 0 bridgehead atoms. The number of nitrogens with zero attached hydrogens (tertiary/aromatic N) is 2. The van der Waals surface area contributed by atoms with E-state index in [0.717, 1.165) is 10.5 Å². The van der Waals surface area contributed by atoms with E-state index in [-0.39, 0.29) is 10.8 Å². The van der Waals surface area contributed by atoms with Gasteiger partial charge in [-0.15, -0.1) is 4.40 Å². The molecular weight excluding hydrogens is 272 g/mol. The number of hydrogen-bond acceptors (Lipinski definition) is 5. The van der Waals surface area contributed by atoms with E-state index >= 15 is 0 Å². The van der Waals surface area contributed by atoms with Crippen LogP contribution >= 0.6 is 11.3 Å². The van der Waals surface area contributed by atoms with Gasteiger partial charge in [0.2, 0.25) is 0 Å². The molecule has 0 aromatic carbocycles. The summed E-state index contributed by atoms with van der Waals surface area (Å²) < 4.78 is 27.0. The van der Waals surface area contributed by atoms with Crippen molar-refractivity contribution in [2.45, 2.75) is 0 Å². The summed E-state index contributed by atoms with van der Waals surface area (Å²) in [4.78, 5) is 2.62. The van der Waals surface area contributed by atoms with Gasteiger partial charge in [-0.05, 0) is 24.3 Å². The number of allylic oxidation sites excluding steroid dienone is 2. The molecule has 0 atom stereocenters. The van der Waals surface area contributed by atoms with E-state index in [1.54, 1.807) is 18.2 Å². The van der Waals surface area contributed by atoms with Crippen LogP contribution < -0.4 is 0 Å². The largest absolute Gasteiger partial charge is 0.499 e. The van der Waals surface area contributed by atoms with Crippen LogP contribution in [-0.2, 0) is 10.0 Å². The zero-order valence-electron chi connectivity index (χ0n) is 9.28. The second-order valence-corrected chi connectivity index (χ2v) is 6.77. The van der Waals surface area contributed by atoms with Gasteiger partial charge in [0.15, 0.2) is 10.9 Å². The maximum atomic E-state index is 11.6. The summed E-state index contributed by atoms with van der Waals surface area (Å²) in [6, 6.07) is 3.34. The molecule has 0 saturated heterocycles. The molecule has 2 aliphatic rings. The molecule has 3 heterocycles. The Morgan fingerprint density at radius 1 is 1.39 bits per heavy atom. The Morgan fingerprint density at radius 2 is 2.22 bits per heavy atom. The number of rotatable bonds is 1. The Labute approximate surface area is 108 Å². The second kappa shape index (κ2) is 3.96. The summed E-state index contributed by atoms with van der Waals surface area (Å²) in [5.74, 6) is 0.467. The molecule has 0 spiro atoms. The highest BCUT2D eigenvalue weighted by Gasteiger charge is 2.27. The molecule has 1 aromatic rings. The van der Waals surface area contributed by atoms with Crippen molar-refractivity contribution in [1.82, 2.24) is 4.90 Å². The van der Waals surface area contributed by atoms with Gasteiger partial charge in [-0.2, -0.15) is 0 Å². The van der Waals surface area contributed by atoms with Gasteiger partial charge in [-0.25, -0.2) is 8.42 Å². The normalized spacial score (nSPS) is 21.2. The molecule has 0 radical (unpaired) electrons. The van der Waals surface area contributed by atoms with E-state index in [4.69, 9.17) is 0 Å². The number of amidine groups is 1. The molecule has 18 heavy (non-hydrogen) atoms. The summed E-state index contributed by atoms with van der Waals surface area (Å²) in [7, 11) is -3.37. The highest BCUT2D eigenvalue weighted by Crippen LogP contribution is 2.32. The molecular formula is C11H10N2O3S2. The Morgan fingerprint density at radius 3 is 2.94 bits per heavy atom. The lowest BCUT2D eigenvalue weighted by molar-refractivity contribution is 0.491. The SMILES string of the molecule is O=S1(=O)CCN2C=CC=C(c3ccc(O)s3)C2=N1. The first-order valence-electron chi connectivity index (χ1n) is 5.32. The van der Waals surface area contributed by atoms with Gasteiger partial charge in [0.05, 0.1) is 5.75 Å².